The summed E-state index contributed by atoms with van der Waals surface area (Å²) < 4.78 is 0. The Morgan fingerprint density at radius 3 is 2.86 bits per heavy atom. The van der Waals surface area contributed by atoms with Crippen molar-refractivity contribution in [2.75, 3.05) is 0 Å². The van der Waals surface area contributed by atoms with Crippen molar-refractivity contribution in [1.29, 1.82) is 5.26 Å². The molecule has 0 aliphatic rings. The van der Waals surface area contributed by atoms with Gasteiger partial charge in [0.1, 0.15) is 11.8 Å². The van der Waals surface area contributed by atoms with E-state index >= 15 is 0 Å². The predicted octanol–water partition coefficient (Wildman–Crippen LogP) is 1.71. The lowest BCUT2D eigenvalue weighted by Crippen LogP contribution is -2.07. The Balaban J connectivity index is 3.00. The van der Waals surface area contributed by atoms with Crippen LogP contribution in [0.1, 0.15) is 11.3 Å². The lowest BCUT2D eigenvalue weighted by Gasteiger charge is -2.00. The molecule has 0 bridgehead atoms. The second-order valence-electron chi connectivity index (χ2n) is 3.16. The van der Waals surface area contributed by atoms with Crippen LogP contribution in [-0.4, -0.2) is 4.98 Å². The Morgan fingerprint density at radius 2 is 2.14 bits per heavy atom. The van der Waals surface area contributed by atoms with Crippen molar-refractivity contribution >= 4 is 10.8 Å². The molecular weight excluding hydrogens is 176 g/mol. The molecule has 68 valence electrons. The fourth-order valence-electron chi connectivity index (χ4n) is 1.50. The van der Waals surface area contributed by atoms with Crippen LogP contribution in [0.4, 0.5) is 0 Å². The molecule has 0 radical (unpaired) electrons. The van der Waals surface area contributed by atoms with Crippen molar-refractivity contribution in [3.63, 3.8) is 0 Å². The molecule has 0 atom stereocenters. The zero-order valence-corrected chi connectivity index (χ0v) is 7.66. The first-order valence-electron chi connectivity index (χ1n) is 4.25. The number of nitrogens with one attached hydrogen (secondary N) is 1. The Morgan fingerprint density at radius 1 is 1.36 bits per heavy atom. The fourth-order valence-corrected chi connectivity index (χ4v) is 1.50. The minimum Gasteiger partial charge on any atom is -0.313 e. The summed E-state index contributed by atoms with van der Waals surface area (Å²) in [6, 6.07) is 9.14. The molecule has 14 heavy (non-hydrogen) atoms. The Hall–Kier alpha value is -2.08. The number of aryl methyl sites for hydroxylation is 1. The molecule has 1 aromatic heterocycles. The van der Waals surface area contributed by atoms with Crippen molar-refractivity contribution in [2.45, 2.75) is 6.92 Å². The number of hydrogen-bond donors (Lipinski definition) is 1. The smallest absolute Gasteiger partial charge is 0.256 e. The van der Waals surface area contributed by atoms with E-state index in [4.69, 9.17) is 5.26 Å². The maximum atomic E-state index is 11.5. The van der Waals surface area contributed by atoms with Crippen molar-refractivity contribution in [3.8, 4) is 6.07 Å². The summed E-state index contributed by atoms with van der Waals surface area (Å²) in [5, 5.41) is 10.2. The molecule has 0 saturated carbocycles. The van der Waals surface area contributed by atoms with E-state index in [0.29, 0.717) is 11.1 Å². The number of H-pyrrole nitrogens is 1. The number of nitriles is 1. The quantitative estimate of drug-likeness (QED) is 0.677. The molecule has 3 nitrogen and oxygen atoms in total. The van der Waals surface area contributed by atoms with Gasteiger partial charge in [0, 0.05) is 5.39 Å². The second-order valence-corrected chi connectivity index (χ2v) is 3.16. The van der Waals surface area contributed by atoms with Gasteiger partial charge in [-0.3, -0.25) is 4.79 Å². The molecule has 3 heteroatoms. The summed E-state index contributed by atoms with van der Waals surface area (Å²) >= 11 is 0. The maximum absolute atomic E-state index is 11.5. The molecule has 0 saturated heterocycles. The molecule has 0 aliphatic carbocycles. The first-order valence-corrected chi connectivity index (χ1v) is 4.25. The molecule has 2 aromatic rings. The summed E-state index contributed by atoms with van der Waals surface area (Å²) in [7, 11) is 0. The Kier molecular flexibility index (Phi) is 1.83. The van der Waals surface area contributed by atoms with Crippen LogP contribution in [0.3, 0.4) is 0 Å². The highest BCUT2D eigenvalue weighted by Gasteiger charge is 2.02. The average Bonchev–Trinajstić information content (AvgIpc) is 2.19. The van der Waals surface area contributed by atoms with Crippen LogP contribution in [0, 0.1) is 18.3 Å². The lowest BCUT2D eigenvalue weighted by atomic mass is 10.1. The van der Waals surface area contributed by atoms with E-state index in [2.05, 4.69) is 4.98 Å². The number of hydrogen-bond acceptors (Lipinski definition) is 2. The number of benzene rings is 1. The predicted molar refractivity (Wildman–Crippen MR) is 54.0 cm³/mol. The van der Waals surface area contributed by atoms with Crippen LogP contribution in [0.5, 0.6) is 0 Å². The van der Waals surface area contributed by atoms with Gasteiger partial charge in [0.25, 0.3) is 5.56 Å². The van der Waals surface area contributed by atoms with Crippen LogP contribution >= 0.6 is 0 Å². The van der Waals surface area contributed by atoms with E-state index in [0.717, 1.165) is 10.9 Å². The van der Waals surface area contributed by atoms with Crippen molar-refractivity contribution in [3.05, 3.63) is 45.9 Å². The number of aromatic amines is 1. The van der Waals surface area contributed by atoms with Crippen LogP contribution in [-0.2, 0) is 0 Å². The minimum absolute atomic E-state index is 0.206. The highest BCUT2D eigenvalue weighted by atomic mass is 16.1. The number of pyridine rings is 1. The molecule has 0 unspecified atom stereocenters. The van der Waals surface area contributed by atoms with Gasteiger partial charge in [-0.2, -0.15) is 5.26 Å². The molecule has 0 fully saturated rings. The number of rotatable bonds is 0. The third-order valence-corrected chi connectivity index (χ3v) is 2.23. The third-order valence-electron chi connectivity index (χ3n) is 2.23. The van der Waals surface area contributed by atoms with Gasteiger partial charge in [-0.05, 0) is 30.0 Å². The van der Waals surface area contributed by atoms with Crippen molar-refractivity contribution in [1.82, 2.24) is 4.98 Å². The summed E-state index contributed by atoms with van der Waals surface area (Å²) in [5.41, 5.74) is 1.10. The van der Waals surface area contributed by atoms with Crippen molar-refractivity contribution in [2.24, 2.45) is 0 Å². The normalized spacial score (nSPS) is 10.0. The van der Waals surface area contributed by atoms with Gasteiger partial charge in [-0.25, -0.2) is 0 Å². The molecule has 0 spiro atoms. The second kappa shape index (κ2) is 3.00. The highest BCUT2D eigenvalue weighted by Crippen LogP contribution is 2.14. The zero-order chi connectivity index (χ0) is 10.1. The van der Waals surface area contributed by atoms with Crippen LogP contribution in [0.25, 0.3) is 10.8 Å². The van der Waals surface area contributed by atoms with Gasteiger partial charge in [0.05, 0.1) is 0 Å². The minimum atomic E-state index is -0.206. The first-order chi connectivity index (χ1) is 6.72. The molecule has 2 rings (SSSR count). The van der Waals surface area contributed by atoms with E-state index in [-0.39, 0.29) is 5.56 Å². The van der Waals surface area contributed by atoms with Gasteiger partial charge in [0.2, 0.25) is 0 Å². The number of aromatic nitrogens is 1. The summed E-state index contributed by atoms with van der Waals surface area (Å²) in [6.45, 7) is 1.92. The average molecular weight is 184 g/mol. The largest absolute Gasteiger partial charge is 0.313 e. The monoisotopic (exact) mass is 184 g/mol. The SMILES string of the molecule is Cc1cccc2c(=O)[nH]c(C#N)cc12. The van der Waals surface area contributed by atoms with Gasteiger partial charge < -0.3 is 4.98 Å². The third kappa shape index (κ3) is 1.17. The van der Waals surface area contributed by atoms with E-state index in [1.54, 1.807) is 12.1 Å². The van der Waals surface area contributed by atoms with Crippen LogP contribution in [0.15, 0.2) is 29.1 Å². The highest BCUT2D eigenvalue weighted by molar-refractivity contribution is 5.85. The van der Waals surface area contributed by atoms with E-state index in [1.807, 2.05) is 25.1 Å². The molecule has 1 heterocycles. The number of fused-ring (bicyclic) bond motifs is 1. The number of nitrogens with zero attached hydrogens (tertiary/aromatic N) is 1. The fraction of sp³-hybridized carbons (Fsp3) is 0.0909. The zero-order valence-electron chi connectivity index (χ0n) is 7.66. The van der Waals surface area contributed by atoms with Gasteiger partial charge in [-0.1, -0.05) is 12.1 Å². The molecule has 0 amide bonds. The first kappa shape index (κ1) is 8.52. The van der Waals surface area contributed by atoms with Gasteiger partial charge >= 0.3 is 0 Å². The molecule has 0 aliphatic heterocycles. The standard InChI is InChI=1S/C11H8N2O/c1-7-3-2-4-9-10(7)5-8(6-12)13-11(9)14/h2-5H,1H3,(H,13,14). The topological polar surface area (TPSA) is 56.6 Å². The molecule has 1 aromatic carbocycles. The van der Waals surface area contributed by atoms with E-state index in [1.165, 1.54) is 0 Å². The molecular formula is C11H8N2O. The Bertz CT molecular complexity index is 590. The van der Waals surface area contributed by atoms with Gasteiger partial charge in [-0.15, -0.1) is 0 Å². The summed E-state index contributed by atoms with van der Waals surface area (Å²) in [5.74, 6) is 0. The maximum Gasteiger partial charge on any atom is 0.256 e. The lowest BCUT2D eigenvalue weighted by molar-refractivity contribution is 1.22. The molecule has 1 N–H and O–H groups in total. The van der Waals surface area contributed by atoms with E-state index in [9.17, 15) is 4.79 Å². The summed E-state index contributed by atoms with van der Waals surface area (Å²) in [4.78, 5) is 14.0. The Labute approximate surface area is 80.6 Å². The van der Waals surface area contributed by atoms with Gasteiger partial charge in [0.15, 0.2) is 0 Å². The van der Waals surface area contributed by atoms with Crippen LogP contribution < -0.4 is 5.56 Å². The van der Waals surface area contributed by atoms with Crippen molar-refractivity contribution < 1.29 is 0 Å². The summed E-state index contributed by atoms with van der Waals surface area (Å²) in [6.07, 6.45) is 0. The van der Waals surface area contributed by atoms with E-state index < -0.39 is 0 Å². The van der Waals surface area contributed by atoms with Crippen LogP contribution in [0.2, 0.25) is 0 Å².